The summed E-state index contributed by atoms with van der Waals surface area (Å²) in [6, 6.07) is 8.11. The first-order chi connectivity index (χ1) is 14.2. The molecule has 3 aromatic rings. The molecule has 0 aliphatic heterocycles. The molecule has 3 rings (SSSR count). The Bertz CT molecular complexity index is 1060. The molecule has 9 heteroatoms. The predicted octanol–water partition coefficient (Wildman–Crippen LogP) is 1.43. The summed E-state index contributed by atoms with van der Waals surface area (Å²) < 4.78 is 21.3. The van der Waals surface area contributed by atoms with Gasteiger partial charge in [0.25, 0.3) is 5.91 Å². The number of hydrogen-bond acceptors (Lipinski definition) is 6. The molecule has 0 aliphatic carbocycles. The Kier molecular flexibility index (Phi) is 6.06. The first-order valence-electron chi connectivity index (χ1n) is 9.39. The van der Waals surface area contributed by atoms with Gasteiger partial charge in [-0.15, -0.1) is 0 Å². The van der Waals surface area contributed by atoms with Gasteiger partial charge in [-0.05, 0) is 38.5 Å². The van der Waals surface area contributed by atoms with E-state index in [4.69, 9.17) is 10.5 Å². The topological polar surface area (TPSA) is 122 Å². The number of pyridine rings is 1. The van der Waals surface area contributed by atoms with Crippen LogP contribution in [0.1, 0.15) is 34.1 Å². The van der Waals surface area contributed by atoms with E-state index in [-0.39, 0.29) is 18.0 Å². The average Bonchev–Trinajstić information content (AvgIpc) is 3.02. The summed E-state index contributed by atoms with van der Waals surface area (Å²) >= 11 is 0. The number of rotatable bonds is 7. The zero-order chi connectivity index (χ0) is 22.1. The van der Waals surface area contributed by atoms with E-state index in [0.29, 0.717) is 22.5 Å². The summed E-state index contributed by atoms with van der Waals surface area (Å²) in [4.78, 5) is 12.9. The van der Waals surface area contributed by atoms with Crippen LogP contribution in [0.25, 0.3) is 5.52 Å². The lowest BCUT2D eigenvalue weighted by Gasteiger charge is -2.31. The van der Waals surface area contributed by atoms with E-state index in [1.165, 1.54) is 17.5 Å². The van der Waals surface area contributed by atoms with Gasteiger partial charge in [0.05, 0.1) is 28.9 Å². The lowest BCUT2D eigenvalue weighted by molar-refractivity contribution is 0.0308. The number of nitrogens with zero attached hydrogens (tertiary/aromatic N) is 2. The second kappa shape index (κ2) is 8.39. The van der Waals surface area contributed by atoms with E-state index in [9.17, 15) is 19.4 Å². The minimum Gasteiger partial charge on any atom is -0.489 e. The molecule has 0 bridgehead atoms. The van der Waals surface area contributed by atoms with E-state index in [0.717, 1.165) is 5.56 Å². The predicted molar refractivity (Wildman–Crippen MR) is 109 cm³/mol. The monoisotopic (exact) mass is 416 g/mol. The smallest absolute Gasteiger partial charge is 0.256 e. The lowest BCUT2D eigenvalue weighted by atomic mass is 10.0. The van der Waals surface area contributed by atoms with Crippen LogP contribution in [0.3, 0.4) is 0 Å². The van der Waals surface area contributed by atoms with E-state index < -0.39 is 24.3 Å². The van der Waals surface area contributed by atoms with Crippen molar-refractivity contribution in [3.63, 3.8) is 0 Å². The Morgan fingerprint density at radius 3 is 2.77 bits per heavy atom. The Morgan fingerprint density at radius 2 is 2.13 bits per heavy atom. The zero-order valence-corrected chi connectivity index (χ0v) is 17.0. The van der Waals surface area contributed by atoms with Crippen LogP contribution < -0.4 is 15.8 Å². The molecular weight excluding hydrogens is 391 g/mol. The third kappa shape index (κ3) is 4.13. The number of aryl methyl sites for hydroxylation is 2. The van der Waals surface area contributed by atoms with Crippen LogP contribution in [0.15, 0.2) is 36.5 Å². The van der Waals surface area contributed by atoms with E-state index in [1.54, 1.807) is 44.3 Å². The molecule has 2 aromatic heterocycles. The molecule has 8 nitrogen and oxygen atoms in total. The fraction of sp³-hybridized carbons (Fsp3) is 0.333. The molecule has 2 heterocycles. The number of halogens is 1. The zero-order valence-electron chi connectivity index (χ0n) is 17.0. The summed E-state index contributed by atoms with van der Waals surface area (Å²) in [5, 5.41) is 26.1. The van der Waals surface area contributed by atoms with E-state index in [1.807, 2.05) is 0 Å². The molecule has 160 valence electrons. The summed E-state index contributed by atoms with van der Waals surface area (Å²) in [6.45, 7) is 4.39. The Morgan fingerprint density at radius 1 is 1.40 bits per heavy atom. The van der Waals surface area contributed by atoms with Crippen LogP contribution >= 0.6 is 0 Å². The maximum Gasteiger partial charge on any atom is 0.256 e. The number of carbonyl (C=O) groups is 1. The second-order valence-electron chi connectivity index (χ2n) is 7.45. The standard InChI is InChI=1S/C21H25FN4O4/c1-12-5-4-6-16(22)15(12)10-30-14-7-8-26-17(9-14)18(13(2)25-26)19(28)24-21(3,11-27)20(23)29/h4-9,20,27,29H,10-11,23H2,1-3H3,(H,24,28). The number of aliphatic hydroxyl groups excluding tert-OH is 2. The number of aliphatic hydroxyl groups is 2. The molecule has 0 spiro atoms. The highest BCUT2D eigenvalue weighted by Crippen LogP contribution is 2.23. The normalized spacial score (nSPS) is 14.4. The highest BCUT2D eigenvalue weighted by atomic mass is 19.1. The average molecular weight is 416 g/mol. The second-order valence-corrected chi connectivity index (χ2v) is 7.45. The van der Waals surface area contributed by atoms with Crippen LogP contribution in [0.4, 0.5) is 4.39 Å². The number of hydrogen-bond donors (Lipinski definition) is 4. The third-order valence-corrected chi connectivity index (χ3v) is 5.13. The van der Waals surface area contributed by atoms with Gasteiger partial charge in [0.1, 0.15) is 24.4 Å². The maximum absolute atomic E-state index is 14.0. The molecule has 1 amide bonds. The molecule has 2 atom stereocenters. The molecule has 1 aromatic carbocycles. The fourth-order valence-electron chi connectivity index (χ4n) is 3.05. The molecule has 30 heavy (non-hydrogen) atoms. The van der Waals surface area contributed by atoms with Crippen molar-refractivity contribution in [2.75, 3.05) is 6.61 Å². The number of fused-ring (bicyclic) bond motifs is 1. The molecule has 0 aliphatic rings. The number of carbonyl (C=O) groups excluding carboxylic acids is 1. The SMILES string of the molecule is Cc1cccc(F)c1COc1ccn2nc(C)c(C(=O)NC(C)(CO)C(N)O)c2c1. The van der Waals surface area contributed by atoms with Crippen LogP contribution in [-0.2, 0) is 6.61 Å². The Balaban J connectivity index is 1.90. The number of ether oxygens (including phenoxy) is 1. The first kappa shape index (κ1) is 21.7. The largest absolute Gasteiger partial charge is 0.489 e. The molecular formula is C21H25FN4O4. The van der Waals surface area contributed by atoms with Crippen molar-refractivity contribution in [1.29, 1.82) is 0 Å². The molecule has 0 radical (unpaired) electrons. The number of nitrogens with one attached hydrogen (secondary N) is 1. The number of benzene rings is 1. The van der Waals surface area contributed by atoms with E-state index in [2.05, 4.69) is 10.4 Å². The summed E-state index contributed by atoms with van der Waals surface area (Å²) in [5.74, 6) is -0.464. The maximum atomic E-state index is 14.0. The van der Waals surface area contributed by atoms with Gasteiger partial charge in [0.2, 0.25) is 0 Å². The summed E-state index contributed by atoms with van der Waals surface area (Å²) in [6.07, 6.45) is 0.169. The van der Waals surface area contributed by atoms with Crippen molar-refractivity contribution in [3.8, 4) is 5.75 Å². The minimum absolute atomic E-state index is 0.0330. The molecule has 2 unspecified atom stereocenters. The van der Waals surface area contributed by atoms with Gasteiger partial charge in [0, 0.05) is 17.8 Å². The minimum atomic E-state index is -1.46. The van der Waals surface area contributed by atoms with Gasteiger partial charge < -0.3 is 26.0 Å². The van der Waals surface area contributed by atoms with Crippen molar-refractivity contribution >= 4 is 11.4 Å². The first-order valence-corrected chi connectivity index (χ1v) is 9.39. The van der Waals surface area contributed by atoms with Gasteiger partial charge in [-0.3, -0.25) is 4.79 Å². The Labute approximate surface area is 173 Å². The number of amides is 1. The van der Waals surface area contributed by atoms with E-state index >= 15 is 0 Å². The third-order valence-electron chi connectivity index (χ3n) is 5.13. The summed E-state index contributed by atoms with van der Waals surface area (Å²) in [5.41, 5.74) is 6.45. The Hall–Kier alpha value is -3.01. The van der Waals surface area contributed by atoms with Gasteiger partial charge in [-0.1, -0.05) is 12.1 Å². The van der Waals surface area contributed by atoms with Crippen molar-refractivity contribution < 1.29 is 24.1 Å². The highest BCUT2D eigenvalue weighted by molar-refractivity contribution is 6.02. The van der Waals surface area contributed by atoms with Crippen molar-refractivity contribution in [2.45, 2.75) is 39.1 Å². The van der Waals surface area contributed by atoms with Gasteiger partial charge >= 0.3 is 0 Å². The quantitative estimate of drug-likeness (QED) is 0.432. The number of aromatic nitrogens is 2. The molecule has 0 fully saturated rings. The van der Waals surface area contributed by atoms with Gasteiger partial charge in [-0.25, -0.2) is 8.91 Å². The van der Waals surface area contributed by atoms with Gasteiger partial charge in [0.15, 0.2) is 0 Å². The summed E-state index contributed by atoms with van der Waals surface area (Å²) in [7, 11) is 0. The lowest BCUT2D eigenvalue weighted by Crippen LogP contribution is -2.60. The van der Waals surface area contributed by atoms with Crippen molar-refractivity contribution in [1.82, 2.24) is 14.9 Å². The fourth-order valence-corrected chi connectivity index (χ4v) is 3.05. The molecule has 0 saturated carbocycles. The van der Waals surface area contributed by atoms with Crippen molar-refractivity contribution in [3.05, 3.63) is 64.7 Å². The van der Waals surface area contributed by atoms with Crippen LogP contribution in [0.2, 0.25) is 0 Å². The van der Waals surface area contributed by atoms with Crippen LogP contribution in [-0.4, -0.2) is 44.1 Å². The highest BCUT2D eigenvalue weighted by Gasteiger charge is 2.33. The molecule has 5 N–H and O–H groups in total. The van der Waals surface area contributed by atoms with Gasteiger partial charge in [-0.2, -0.15) is 5.10 Å². The van der Waals surface area contributed by atoms with Crippen molar-refractivity contribution in [2.24, 2.45) is 5.73 Å². The van der Waals surface area contributed by atoms with Crippen LogP contribution in [0, 0.1) is 19.7 Å². The molecule has 0 saturated heterocycles. The number of nitrogens with two attached hydrogens (primary N) is 1. The van der Waals surface area contributed by atoms with Crippen LogP contribution in [0.5, 0.6) is 5.75 Å².